The Morgan fingerprint density at radius 1 is 1.23 bits per heavy atom. The van der Waals surface area contributed by atoms with E-state index in [-0.39, 0.29) is 23.0 Å². The van der Waals surface area contributed by atoms with Gasteiger partial charge in [0.25, 0.3) is 11.8 Å². The first-order valence-electron chi connectivity index (χ1n) is 8.28. The van der Waals surface area contributed by atoms with Crippen LogP contribution in [0.25, 0.3) is 0 Å². The fraction of sp³-hybridized carbons (Fsp3) is 0.389. The van der Waals surface area contributed by atoms with Crippen molar-refractivity contribution >= 4 is 35.0 Å². The maximum absolute atomic E-state index is 12.8. The number of benzene rings is 1. The van der Waals surface area contributed by atoms with Crippen molar-refractivity contribution in [3.05, 3.63) is 51.3 Å². The first-order valence-corrected chi connectivity index (χ1v) is 9.04. The van der Waals surface area contributed by atoms with Crippen molar-refractivity contribution in [2.45, 2.75) is 39.4 Å². The number of hydrogen-bond donors (Lipinski definition) is 1. The van der Waals surface area contributed by atoms with E-state index in [0.717, 1.165) is 0 Å². The highest BCUT2D eigenvalue weighted by Crippen LogP contribution is 2.27. The van der Waals surface area contributed by atoms with Crippen LogP contribution in [0.1, 0.15) is 47.3 Å². The quantitative estimate of drug-likeness (QED) is 0.867. The molecule has 0 atom stereocenters. The third-order valence-corrected chi connectivity index (χ3v) is 4.71. The highest BCUT2D eigenvalue weighted by atomic mass is 35.5. The van der Waals surface area contributed by atoms with E-state index < -0.39 is 0 Å². The van der Waals surface area contributed by atoms with E-state index in [0.29, 0.717) is 40.9 Å². The molecule has 26 heavy (non-hydrogen) atoms. The first kappa shape index (κ1) is 18.7. The number of halogens is 2. The summed E-state index contributed by atoms with van der Waals surface area (Å²) in [5.41, 5.74) is 0.958. The van der Waals surface area contributed by atoms with Gasteiger partial charge in [0.2, 0.25) is 0 Å². The summed E-state index contributed by atoms with van der Waals surface area (Å²) in [6.07, 6.45) is 0. The van der Waals surface area contributed by atoms with Gasteiger partial charge in [0.05, 0.1) is 6.54 Å². The molecule has 138 valence electrons. The second kappa shape index (κ2) is 6.93. The van der Waals surface area contributed by atoms with Crippen LogP contribution in [0, 0.1) is 0 Å². The number of aromatic nitrogens is 2. The molecule has 1 aromatic carbocycles. The Balaban J connectivity index is 1.81. The van der Waals surface area contributed by atoms with Crippen molar-refractivity contribution in [2.75, 3.05) is 6.54 Å². The first-order chi connectivity index (χ1) is 12.2. The maximum Gasteiger partial charge on any atom is 0.272 e. The van der Waals surface area contributed by atoms with E-state index in [2.05, 4.69) is 10.4 Å². The Kier molecular flexibility index (Phi) is 4.99. The Morgan fingerprint density at radius 2 is 1.88 bits per heavy atom. The molecule has 2 amide bonds. The smallest absolute Gasteiger partial charge is 0.272 e. The molecule has 0 unspecified atom stereocenters. The van der Waals surface area contributed by atoms with Crippen LogP contribution in [0.4, 0.5) is 0 Å². The molecule has 0 aliphatic carbocycles. The predicted molar refractivity (Wildman–Crippen MR) is 101 cm³/mol. The summed E-state index contributed by atoms with van der Waals surface area (Å²) in [6.45, 7) is 6.96. The van der Waals surface area contributed by atoms with E-state index in [1.54, 1.807) is 27.8 Å². The number of fused-ring (bicyclic) bond motifs is 1. The third-order valence-electron chi connectivity index (χ3n) is 4.00. The van der Waals surface area contributed by atoms with Gasteiger partial charge in [-0.15, -0.1) is 0 Å². The van der Waals surface area contributed by atoms with E-state index in [1.165, 1.54) is 6.07 Å². The fourth-order valence-electron chi connectivity index (χ4n) is 2.78. The van der Waals surface area contributed by atoms with E-state index in [9.17, 15) is 9.59 Å². The van der Waals surface area contributed by atoms with Crippen molar-refractivity contribution in [1.82, 2.24) is 20.0 Å². The zero-order valence-corrected chi connectivity index (χ0v) is 16.4. The molecule has 1 aliphatic rings. The maximum atomic E-state index is 12.8. The summed E-state index contributed by atoms with van der Waals surface area (Å²) in [6, 6.07) is 6.79. The Hall–Kier alpha value is -2.05. The lowest BCUT2D eigenvalue weighted by Gasteiger charge is -2.28. The molecule has 0 radical (unpaired) electrons. The lowest BCUT2D eigenvalue weighted by Crippen LogP contribution is -2.40. The minimum Gasteiger partial charge on any atom is -0.346 e. The van der Waals surface area contributed by atoms with Crippen molar-refractivity contribution in [3.63, 3.8) is 0 Å². The van der Waals surface area contributed by atoms with Crippen molar-refractivity contribution in [3.8, 4) is 0 Å². The van der Waals surface area contributed by atoms with Gasteiger partial charge in [-0.2, -0.15) is 5.10 Å². The zero-order valence-electron chi connectivity index (χ0n) is 14.8. The molecule has 2 heterocycles. The number of amides is 2. The van der Waals surface area contributed by atoms with Crippen LogP contribution in [0.15, 0.2) is 24.3 Å². The summed E-state index contributed by atoms with van der Waals surface area (Å²) in [4.78, 5) is 26.8. The number of carbonyl (C=O) groups excluding carboxylic acids is 2. The molecule has 1 aromatic heterocycles. The number of hydrogen-bond acceptors (Lipinski definition) is 3. The van der Waals surface area contributed by atoms with E-state index in [1.807, 2.05) is 20.8 Å². The van der Waals surface area contributed by atoms with Gasteiger partial charge in [0.1, 0.15) is 5.69 Å². The average Bonchev–Trinajstić information content (AvgIpc) is 2.97. The van der Waals surface area contributed by atoms with Crippen LogP contribution in [0.5, 0.6) is 0 Å². The van der Waals surface area contributed by atoms with Gasteiger partial charge >= 0.3 is 0 Å². The lowest BCUT2D eigenvalue weighted by molar-refractivity contribution is 0.0683. The monoisotopic (exact) mass is 394 g/mol. The standard InChI is InChI=1S/C18H20Cl2N4O2/c1-18(2,3)21-16(25)14-9-15-17(26)23(7-8-24(15)22-14)10-11-12(19)5-4-6-13(11)20/h4-6,9H,7-8,10H2,1-3H3,(H,21,25). The molecule has 0 bridgehead atoms. The van der Waals surface area contributed by atoms with Crippen molar-refractivity contribution < 1.29 is 9.59 Å². The number of carbonyl (C=O) groups is 2. The normalized spacial score (nSPS) is 14.3. The lowest BCUT2D eigenvalue weighted by atomic mass is 10.1. The molecular formula is C18H20Cl2N4O2. The average molecular weight is 395 g/mol. The van der Waals surface area contributed by atoms with Gasteiger partial charge in [-0.1, -0.05) is 29.3 Å². The molecule has 1 aliphatic heterocycles. The Morgan fingerprint density at radius 3 is 2.50 bits per heavy atom. The predicted octanol–water partition coefficient (Wildman–Crippen LogP) is 3.37. The van der Waals surface area contributed by atoms with E-state index in [4.69, 9.17) is 23.2 Å². The molecule has 0 saturated heterocycles. The molecular weight excluding hydrogens is 375 g/mol. The van der Waals surface area contributed by atoms with E-state index >= 15 is 0 Å². The number of nitrogens with one attached hydrogen (secondary N) is 1. The molecule has 0 fully saturated rings. The highest BCUT2D eigenvalue weighted by Gasteiger charge is 2.29. The van der Waals surface area contributed by atoms with Crippen molar-refractivity contribution in [1.29, 1.82) is 0 Å². The second-order valence-electron chi connectivity index (χ2n) is 7.27. The second-order valence-corrected chi connectivity index (χ2v) is 8.08. The largest absolute Gasteiger partial charge is 0.346 e. The van der Waals surface area contributed by atoms with Gasteiger partial charge in [-0.25, -0.2) is 0 Å². The van der Waals surface area contributed by atoms with Gasteiger partial charge in [0, 0.05) is 40.3 Å². The Bertz CT molecular complexity index is 850. The van der Waals surface area contributed by atoms with Crippen molar-refractivity contribution in [2.24, 2.45) is 0 Å². The number of nitrogens with zero attached hydrogens (tertiary/aromatic N) is 3. The SMILES string of the molecule is CC(C)(C)NC(=O)c1cc2n(n1)CCN(Cc1c(Cl)cccc1Cl)C2=O. The Labute approximate surface area is 162 Å². The van der Waals surface area contributed by atoms with Crippen LogP contribution >= 0.6 is 23.2 Å². The molecule has 2 aromatic rings. The summed E-state index contributed by atoms with van der Waals surface area (Å²) in [5, 5.41) is 8.16. The van der Waals surface area contributed by atoms with Crippen LogP contribution in [-0.4, -0.2) is 38.6 Å². The summed E-state index contributed by atoms with van der Waals surface area (Å²) >= 11 is 12.4. The summed E-state index contributed by atoms with van der Waals surface area (Å²) in [5.74, 6) is -0.498. The van der Waals surface area contributed by atoms with Crippen LogP contribution in [-0.2, 0) is 13.1 Å². The topological polar surface area (TPSA) is 67.2 Å². The fourth-order valence-corrected chi connectivity index (χ4v) is 3.30. The minimum absolute atomic E-state index is 0.199. The van der Waals surface area contributed by atoms with Crippen LogP contribution in [0.3, 0.4) is 0 Å². The molecule has 3 rings (SSSR count). The highest BCUT2D eigenvalue weighted by molar-refractivity contribution is 6.36. The number of rotatable bonds is 3. The summed E-state index contributed by atoms with van der Waals surface area (Å²) < 4.78 is 1.57. The molecule has 1 N–H and O–H groups in total. The molecule has 6 nitrogen and oxygen atoms in total. The van der Waals surface area contributed by atoms with Gasteiger partial charge in [-0.05, 0) is 32.9 Å². The molecule has 0 saturated carbocycles. The minimum atomic E-state index is -0.377. The van der Waals surface area contributed by atoms with Gasteiger partial charge < -0.3 is 10.2 Å². The van der Waals surface area contributed by atoms with Crippen LogP contribution < -0.4 is 5.32 Å². The summed E-state index contributed by atoms with van der Waals surface area (Å²) in [7, 11) is 0. The third kappa shape index (κ3) is 3.86. The van der Waals surface area contributed by atoms with Gasteiger partial charge in [0.15, 0.2) is 5.69 Å². The van der Waals surface area contributed by atoms with Crippen LogP contribution in [0.2, 0.25) is 10.0 Å². The van der Waals surface area contributed by atoms with Gasteiger partial charge in [-0.3, -0.25) is 14.3 Å². The molecule has 8 heteroatoms. The zero-order chi connectivity index (χ0) is 19.1. The molecule has 0 spiro atoms.